The number of amides is 1. The van der Waals surface area contributed by atoms with Crippen molar-refractivity contribution in [1.29, 1.82) is 0 Å². The van der Waals surface area contributed by atoms with E-state index in [2.05, 4.69) is 4.74 Å². The third-order valence-electron chi connectivity index (χ3n) is 2.12. The second kappa shape index (κ2) is 5.55. The molecule has 0 aliphatic rings. The molecule has 0 saturated heterocycles. The van der Waals surface area contributed by atoms with Gasteiger partial charge < -0.3 is 10.1 Å². The van der Waals surface area contributed by atoms with Gasteiger partial charge in [-0.15, -0.1) is 0 Å². The number of ether oxygens (including phenoxy) is 1. The Kier molecular flexibility index (Phi) is 4.27. The quantitative estimate of drug-likeness (QED) is 0.521. The average molecular weight is 292 g/mol. The number of benzene rings is 1. The highest BCUT2D eigenvalue weighted by Gasteiger charge is 2.39. The SMILES string of the molecule is COC(=O)c1ccc(NC(=O)C(F)(F)F)c([N+](=O)[O-])c1. The number of methoxy groups -OCH3 is 1. The topological polar surface area (TPSA) is 98.5 Å². The first kappa shape index (κ1) is 15.4. The molecule has 0 aromatic heterocycles. The Morgan fingerprint density at radius 3 is 2.40 bits per heavy atom. The van der Waals surface area contributed by atoms with Gasteiger partial charge in [0.1, 0.15) is 5.69 Å². The molecule has 0 unspecified atom stereocenters. The second-order valence-corrected chi connectivity index (χ2v) is 3.43. The third kappa shape index (κ3) is 3.43. The van der Waals surface area contributed by atoms with Gasteiger partial charge in [0, 0.05) is 6.07 Å². The van der Waals surface area contributed by atoms with Crippen LogP contribution in [-0.2, 0) is 9.53 Å². The van der Waals surface area contributed by atoms with Gasteiger partial charge in [-0.3, -0.25) is 14.9 Å². The molecule has 108 valence electrons. The van der Waals surface area contributed by atoms with Gasteiger partial charge in [0.05, 0.1) is 17.6 Å². The Balaban J connectivity index is 3.18. The molecule has 1 aromatic rings. The molecule has 0 bridgehead atoms. The van der Waals surface area contributed by atoms with E-state index in [0.29, 0.717) is 6.07 Å². The summed E-state index contributed by atoms with van der Waals surface area (Å²) in [4.78, 5) is 31.6. The van der Waals surface area contributed by atoms with E-state index in [1.54, 1.807) is 0 Å². The van der Waals surface area contributed by atoms with Gasteiger partial charge in [0.15, 0.2) is 0 Å². The first-order chi connectivity index (χ1) is 9.16. The minimum Gasteiger partial charge on any atom is -0.465 e. The van der Waals surface area contributed by atoms with Crippen LogP contribution >= 0.6 is 0 Å². The zero-order valence-electron chi connectivity index (χ0n) is 9.85. The highest BCUT2D eigenvalue weighted by molar-refractivity contribution is 5.98. The molecular weight excluding hydrogens is 285 g/mol. The number of rotatable bonds is 3. The van der Waals surface area contributed by atoms with Crippen molar-refractivity contribution in [2.75, 3.05) is 12.4 Å². The molecule has 0 heterocycles. The van der Waals surface area contributed by atoms with Crippen molar-refractivity contribution >= 4 is 23.3 Å². The van der Waals surface area contributed by atoms with E-state index >= 15 is 0 Å². The Labute approximate surface area is 109 Å². The van der Waals surface area contributed by atoms with Crippen molar-refractivity contribution in [3.8, 4) is 0 Å². The molecule has 0 fully saturated rings. The zero-order chi connectivity index (χ0) is 15.5. The maximum absolute atomic E-state index is 12.1. The number of nitro groups is 1. The van der Waals surface area contributed by atoms with Gasteiger partial charge >= 0.3 is 18.1 Å². The van der Waals surface area contributed by atoms with Crippen molar-refractivity contribution in [2.24, 2.45) is 0 Å². The maximum Gasteiger partial charge on any atom is 0.471 e. The van der Waals surface area contributed by atoms with Crippen LogP contribution in [0.3, 0.4) is 0 Å². The van der Waals surface area contributed by atoms with Crippen LogP contribution in [0.25, 0.3) is 0 Å². The van der Waals surface area contributed by atoms with Crippen LogP contribution in [0.2, 0.25) is 0 Å². The number of alkyl halides is 3. The number of carbonyl (C=O) groups is 2. The van der Waals surface area contributed by atoms with Gasteiger partial charge in [-0.2, -0.15) is 13.2 Å². The van der Waals surface area contributed by atoms with Gasteiger partial charge in [-0.05, 0) is 12.1 Å². The molecule has 7 nitrogen and oxygen atoms in total. The van der Waals surface area contributed by atoms with E-state index in [9.17, 15) is 32.9 Å². The van der Waals surface area contributed by atoms with Gasteiger partial charge in [0.25, 0.3) is 5.69 Å². The minimum atomic E-state index is -5.19. The largest absolute Gasteiger partial charge is 0.471 e. The summed E-state index contributed by atoms with van der Waals surface area (Å²) in [5.41, 5.74) is -1.76. The number of esters is 1. The standard InChI is InChI=1S/C10H7F3N2O5/c1-20-8(16)5-2-3-6(7(4-5)15(18)19)14-9(17)10(11,12)13/h2-4H,1H3,(H,14,17). The highest BCUT2D eigenvalue weighted by Crippen LogP contribution is 2.28. The summed E-state index contributed by atoms with van der Waals surface area (Å²) >= 11 is 0. The molecule has 20 heavy (non-hydrogen) atoms. The number of nitro benzene ring substituents is 1. The molecule has 10 heteroatoms. The fourth-order valence-corrected chi connectivity index (χ4v) is 1.23. The average Bonchev–Trinajstić information content (AvgIpc) is 2.36. The Morgan fingerprint density at radius 2 is 1.95 bits per heavy atom. The molecule has 0 saturated carbocycles. The molecule has 1 aromatic carbocycles. The predicted molar refractivity (Wildman–Crippen MR) is 59.1 cm³/mol. The molecule has 1 amide bonds. The Morgan fingerprint density at radius 1 is 1.35 bits per heavy atom. The van der Waals surface area contributed by atoms with Crippen molar-refractivity contribution < 1.29 is 32.4 Å². The Hall–Kier alpha value is -2.65. The number of nitrogens with zero attached hydrogens (tertiary/aromatic N) is 1. The molecule has 0 aliphatic carbocycles. The summed E-state index contributed by atoms with van der Waals surface area (Å²) in [5, 5.41) is 12.1. The van der Waals surface area contributed by atoms with E-state index in [0.717, 1.165) is 19.2 Å². The Bertz CT molecular complexity index is 571. The summed E-state index contributed by atoms with van der Waals surface area (Å²) in [6.07, 6.45) is -5.19. The van der Waals surface area contributed by atoms with E-state index in [4.69, 9.17) is 0 Å². The summed E-state index contributed by atoms with van der Waals surface area (Å²) in [6.45, 7) is 0. The van der Waals surface area contributed by atoms with Crippen LogP contribution in [0.4, 0.5) is 24.5 Å². The number of halogens is 3. The smallest absolute Gasteiger partial charge is 0.465 e. The maximum atomic E-state index is 12.1. The predicted octanol–water partition coefficient (Wildman–Crippen LogP) is 1.88. The molecule has 0 radical (unpaired) electrons. The zero-order valence-corrected chi connectivity index (χ0v) is 9.85. The van der Waals surface area contributed by atoms with Crippen molar-refractivity contribution in [1.82, 2.24) is 0 Å². The number of hydrogen-bond donors (Lipinski definition) is 1. The monoisotopic (exact) mass is 292 g/mol. The van der Waals surface area contributed by atoms with E-state index in [-0.39, 0.29) is 5.56 Å². The van der Waals surface area contributed by atoms with Crippen LogP contribution in [0.1, 0.15) is 10.4 Å². The van der Waals surface area contributed by atoms with Crippen LogP contribution in [0, 0.1) is 10.1 Å². The van der Waals surface area contributed by atoms with E-state index in [1.165, 1.54) is 5.32 Å². The molecule has 1 N–H and O–H groups in total. The van der Waals surface area contributed by atoms with Crippen molar-refractivity contribution in [3.63, 3.8) is 0 Å². The van der Waals surface area contributed by atoms with Crippen LogP contribution in [-0.4, -0.2) is 30.1 Å². The number of nitrogens with one attached hydrogen (secondary N) is 1. The fourth-order valence-electron chi connectivity index (χ4n) is 1.23. The molecule has 1 rings (SSSR count). The van der Waals surface area contributed by atoms with E-state index < -0.39 is 34.4 Å². The number of hydrogen-bond acceptors (Lipinski definition) is 5. The normalized spacial score (nSPS) is 10.8. The first-order valence-electron chi connectivity index (χ1n) is 4.91. The van der Waals surface area contributed by atoms with Crippen LogP contribution in [0.5, 0.6) is 0 Å². The van der Waals surface area contributed by atoms with Crippen LogP contribution in [0.15, 0.2) is 18.2 Å². The fraction of sp³-hybridized carbons (Fsp3) is 0.200. The summed E-state index contributed by atoms with van der Waals surface area (Å²) in [5.74, 6) is -3.26. The lowest BCUT2D eigenvalue weighted by molar-refractivity contribution is -0.384. The lowest BCUT2D eigenvalue weighted by Crippen LogP contribution is -2.30. The number of anilines is 1. The van der Waals surface area contributed by atoms with Gasteiger partial charge in [0.2, 0.25) is 0 Å². The summed E-state index contributed by atoms with van der Waals surface area (Å²) in [6, 6.07) is 2.51. The highest BCUT2D eigenvalue weighted by atomic mass is 19.4. The lowest BCUT2D eigenvalue weighted by Gasteiger charge is -2.09. The summed E-state index contributed by atoms with van der Waals surface area (Å²) in [7, 11) is 1.04. The third-order valence-corrected chi connectivity index (χ3v) is 2.12. The van der Waals surface area contributed by atoms with Crippen LogP contribution < -0.4 is 5.32 Å². The molecule has 0 aliphatic heterocycles. The molecule has 0 spiro atoms. The lowest BCUT2D eigenvalue weighted by atomic mass is 10.1. The van der Waals surface area contributed by atoms with Crippen molar-refractivity contribution in [2.45, 2.75) is 6.18 Å². The van der Waals surface area contributed by atoms with E-state index in [1.807, 2.05) is 0 Å². The van der Waals surface area contributed by atoms with Crippen molar-refractivity contribution in [3.05, 3.63) is 33.9 Å². The molecule has 0 atom stereocenters. The second-order valence-electron chi connectivity index (χ2n) is 3.43. The van der Waals surface area contributed by atoms with Gasteiger partial charge in [-0.25, -0.2) is 4.79 Å². The molecular formula is C10H7F3N2O5. The minimum absolute atomic E-state index is 0.232. The number of carbonyl (C=O) groups excluding carboxylic acids is 2. The summed E-state index contributed by atoms with van der Waals surface area (Å²) < 4.78 is 40.5. The first-order valence-corrected chi connectivity index (χ1v) is 4.91. The van der Waals surface area contributed by atoms with Gasteiger partial charge in [-0.1, -0.05) is 0 Å².